The van der Waals surface area contributed by atoms with Crippen LogP contribution in [0.3, 0.4) is 0 Å². The van der Waals surface area contributed by atoms with Gasteiger partial charge in [0.25, 0.3) is 0 Å². The van der Waals surface area contributed by atoms with E-state index in [4.69, 9.17) is 10.6 Å². The summed E-state index contributed by atoms with van der Waals surface area (Å²) in [7, 11) is 1.71. The molecule has 0 bridgehead atoms. The van der Waals surface area contributed by atoms with E-state index in [1.54, 1.807) is 7.11 Å². The van der Waals surface area contributed by atoms with Crippen LogP contribution in [0.1, 0.15) is 50.5 Å². The number of hydrogen-bond acceptors (Lipinski definition) is 3. The van der Waals surface area contributed by atoms with E-state index in [9.17, 15) is 0 Å². The Morgan fingerprint density at radius 1 is 1.25 bits per heavy atom. The fourth-order valence-electron chi connectivity index (χ4n) is 3.30. The third-order valence-corrected chi connectivity index (χ3v) is 4.44. The Morgan fingerprint density at radius 2 is 2.00 bits per heavy atom. The zero-order chi connectivity index (χ0) is 14.2. The van der Waals surface area contributed by atoms with E-state index >= 15 is 0 Å². The maximum Gasteiger partial charge on any atom is 0.119 e. The van der Waals surface area contributed by atoms with Gasteiger partial charge in [0, 0.05) is 6.04 Å². The quantitative estimate of drug-likeness (QED) is 0.475. The zero-order valence-electron chi connectivity index (χ0n) is 12.6. The molecule has 0 aliphatic heterocycles. The molecular formula is C17H28N2O. The van der Waals surface area contributed by atoms with E-state index < -0.39 is 0 Å². The van der Waals surface area contributed by atoms with Crippen molar-refractivity contribution in [2.24, 2.45) is 11.8 Å². The number of nitrogens with two attached hydrogens (primary N) is 1. The number of methoxy groups -OCH3 is 1. The maximum absolute atomic E-state index is 5.77. The molecule has 1 aliphatic carbocycles. The van der Waals surface area contributed by atoms with Crippen LogP contribution < -0.4 is 16.0 Å². The summed E-state index contributed by atoms with van der Waals surface area (Å²) >= 11 is 0. The van der Waals surface area contributed by atoms with Gasteiger partial charge in [-0.15, -0.1) is 0 Å². The second kappa shape index (κ2) is 8.28. The lowest BCUT2D eigenvalue weighted by Crippen LogP contribution is -2.38. The standard InChI is InChI=1S/C17H28N2O/c1-20-17-10-6-9-15(13-17)12-16(19-18)11-14-7-4-2-3-5-8-14/h6,9-10,13-14,16,19H,2-5,7-8,11-12,18H2,1H3. The highest BCUT2D eigenvalue weighted by molar-refractivity contribution is 5.28. The van der Waals surface area contributed by atoms with Crippen LogP contribution in [-0.2, 0) is 6.42 Å². The highest BCUT2D eigenvalue weighted by Gasteiger charge is 2.17. The van der Waals surface area contributed by atoms with Crippen LogP contribution >= 0.6 is 0 Å². The summed E-state index contributed by atoms with van der Waals surface area (Å²) in [4.78, 5) is 0. The second-order valence-corrected chi connectivity index (χ2v) is 6.01. The van der Waals surface area contributed by atoms with Gasteiger partial charge in [-0.3, -0.25) is 11.3 Å². The van der Waals surface area contributed by atoms with Crippen molar-refractivity contribution in [3.8, 4) is 5.75 Å². The van der Waals surface area contributed by atoms with Crippen molar-refractivity contribution in [2.75, 3.05) is 7.11 Å². The molecule has 0 heterocycles. The molecule has 0 amide bonds. The van der Waals surface area contributed by atoms with Crippen molar-refractivity contribution >= 4 is 0 Å². The minimum atomic E-state index is 0.366. The summed E-state index contributed by atoms with van der Waals surface area (Å²) in [5.74, 6) is 7.53. The van der Waals surface area contributed by atoms with Crippen molar-refractivity contribution in [3.05, 3.63) is 29.8 Å². The van der Waals surface area contributed by atoms with Gasteiger partial charge in [0.15, 0.2) is 0 Å². The van der Waals surface area contributed by atoms with E-state index in [1.165, 1.54) is 50.5 Å². The van der Waals surface area contributed by atoms with Crippen LogP contribution in [-0.4, -0.2) is 13.2 Å². The van der Waals surface area contributed by atoms with Crippen LogP contribution in [0.15, 0.2) is 24.3 Å². The minimum absolute atomic E-state index is 0.366. The maximum atomic E-state index is 5.77. The number of rotatable bonds is 6. The van der Waals surface area contributed by atoms with Crippen molar-refractivity contribution in [3.63, 3.8) is 0 Å². The van der Waals surface area contributed by atoms with Gasteiger partial charge < -0.3 is 4.74 Å². The van der Waals surface area contributed by atoms with Gasteiger partial charge in [0.1, 0.15) is 5.75 Å². The smallest absolute Gasteiger partial charge is 0.119 e. The molecule has 0 radical (unpaired) electrons. The highest BCUT2D eigenvalue weighted by Crippen LogP contribution is 2.27. The van der Waals surface area contributed by atoms with Crippen LogP contribution in [0.4, 0.5) is 0 Å². The summed E-state index contributed by atoms with van der Waals surface area (Å²) < 4.78 is 5.28. The molecule has 1 aromatic rings. The van der Waals surface area contributed by atoms with Crippen molar-refractivity contribution in [1.29, 1.82) is 0 Å². The van der Waals surface area contributed by atoms with Crippen molar-refractivity contribution in [2.45, 2.75) is 57.4 Å². The number of benzene rings is 1. The third-order valence-electron chi connectivity index (χ3n) is 4.44. The highest BCUT2D eigenvalue weighted by atomic mass is 16.5. The first-order valence-corrected chi connectivity index (χ1v) is 7.91. The molecule has 0 spiro atoms. The van der Waals surface area contributed by atoms with Crippen LogP contribution in [0, 0.1) is 5.92 Å². The fraction of sp³-hybridized carbons (Fsp3) is 0.647. The Labute approximate surface area is 122 Å². The van der Waals surface area contributed by atoms with Crippen LogP contribution in [0.25, 0.3) is 0 Å². The van der Waals surface area contributed by atoms with Gasteiger partial charge >= 0.3 is 0 Å². The number of hydrazine groups is 1. The van der Waals surface area contributed by atoms with Gasteiger partial charge in [-0.25, -0.2) is 0 Å². The number of ether oxygens (including phenoxy) is 1. The molecule has 112 valence electrons. The molecule has 1 saturated carbocycles. The summed E-state index contributed by atoms with van der Waals surface area (Å²) in [6.45, 7) is 0. The molecule has 3 heteroatoms. The average molecular weight is 276 g/mol. The Morgan fingerprint density at radius 3 is 2.65 bits per heavy atom. The molecule has 2 rings (SSSR count). The zero-order valence-corrected chi connectivity index (χ0v) is 12.6. The first kappa shape index (κ1) is 15.3. The normalized spacial score (nSPS) is 18.5. The molecule has 0 saturated heterocycles. The van der Waals surface area contributed by atoms with E-state index in [-0.39, 0.29) is 0 Å². The summed E-state index contributed by atoms with van der Waals surface area (Å²) in [5.41, 5.74) is 4.31. The average Bonchev–Trinajstić information content (AvgIpc) is 2.75. The number of hydrogen-bond donors (Lipinski definition) is 2. The Balaban J connectivity index is 1.90. The van der Waals surface area contributed by atoms with Crippen molar-refractivity contribution < 1.29 is 4.74 Å². The van der Waals surface area contributed by atoms with E-state index in [1.807, 2.05) is 12.1 Å². The Kier molecular flexibility index (Phi) is 6.34. The number of nitrogens with one attached hydrogen (secondary N) is 1. The van der Waals surface area contributed by atoms with Gasteiger partial charge in [-0.05, 0) is 36.5 Å². The van der Waals surface area contributed by atoms with Gasteiger partial charge in [-0.1, -0.05) is 50.7 Å². The molecule has 1 fully saturated rings. The van der Waals surface area contributed by atoms with Gasteiger partial charge in [-0.2, -0.15) is 0 Å². The third kappa shape index (κ3) is 4.80. The largest absolute Gasteiger partial charge is 0.497 e. The fourth-order valence-corrected chi connectivity index (χ4v) is 3.30. The van der Waals surface area contributed by atoms with E-state index in [0.29, 0.717) is 6.04 Å². The molecule has 3 nitrogen and oxygen atoms in total. The molecule has 1 aromatic carbocycles. The van der Waals surface area contributed by atoms with Crippen LogP contribution in [0.5, 0.6) is 5.75 Å². The van der Waals surface area contributed by atoms with Gasteiger partial charge in [0.2, 0.25) is 0 Å². The lowest BCUT2D eigenvalue weighted by molar-refractivity contribution is 0.351. The molecule has 3 N–H and O–H groups in total. The summed E-state index contributed by atoms with van der Waals surface area (Å²) in [6, 6.07) is 8.66. The molecular weight excluding hydrogens is 248 g/mol. The first-order valence-electron chi connectivity index (χ1n) is 7.91. The van der Waals surface area contributed by atoms with Crippen molar-refractivity contribution in [1.82, 2.24) is 5.43 Å². The topological polar surface area (TPSA) is 47.3 Å². The minimum Gasteiger partial charge on any atom is -0.497 e. The Hall–Kier alpha value is -1.06. The Bertz CT molecular complexity index is 386. The van der Waals surface area contributed by atoms with E-state index in [0.717, 1.165) is 18.1 Å². The lowest BCUT2D eigenvalue weighted by Gasteiger charge is -2.22. The van der Waals surface area contributed by atoms with E-state index in [2.05, 4.69) is 17.6 Å². The van der Waals surface area contributed by atoms with Gasteiger partial charge in [0.05, 0.1) is 7.11 Å². The monoisotopic (exact) mass is 276 g/mol. The SMILES string of the molecule is COc1cccc(CC(CC2CCCCCC2)NN)c1. The first-order chi connectivity index (χ1) is 9.81. The van der Waals surface area contributed by atoms with Crippen LogP contribution in [0.2, 0.25) is 0 Å². The molecule has 20 heavy (non-hydrogen) atoms. The summed E-state index contributed by atoms with van der Waals surface area (Å²) in [5, 5.41) is 0. The molecule has 1 unspecified atom stereocenters. The lowest BCUT2D eigenvalue weighted by atomic mass is 9.90. The second-order valence-electron chi connectivity index (χ2n) is 6.01. The predicted molar refractivity (Wildman–Crippen MR) is 83.6 cm³/mol. The molecule has 1 atom stereocenters. The predicted octanol–water partition coefficient (Wildman–Crippen LogP) is 3.43. The summed E-state index contributed by atoms with van der Waals surface area (Å²) in [6.07, 6.45) is 10.5. The molecule has 1 aliphatic rings. The molecule has 0 aromatic heterocycles.